The lowest BCUT2D eigenvalue weighted by atomic mass is 9.85. The van der Waals surface area contributed by atoms with Gasteiger partial charge in [0.25, 0.3) is 11.8 Å². The van der Waals surface area contributed by atoms with Crippen molar-refractivity contribution < 1.29 is 23.9 Å². The molecule has 0 spiro atoms. The van der Waals surface area contributed by atoms with Gasteiger partial charge < -0.3 is 31.3 Å². The molecule has 48 heavy (non-hydrogen) atoms. The van der Waals surface area contributed by atoms with E-state index in [0.717, 1.165) is 83.9 Å². The summed E-state index contributed by atoms with van der Waals surface area (Å²) in [5, 5.41) is 20.7. The molecule has 1 fully saturated rings. The molecule has 5 N–H and O–H groups in total. The van der Waals surface area contributed by atoms with Crippen LogP contribution in [0.15, 0.2) is 83.8 Å². The lowest BCUT2D eigenvalue weighted by Crippen LogP contribution is -2.58. The third kappa shape index (κ3) is 5.47. The number of piperazine rings is 1. The van der Waals surface area contributed by atoms with Crippen LogP contribution in [0.5, 0.6) is 5.75 Å². The van der Waals surface area contributed by atoms with Gasteiger partial charge in [0.2, 0.25) is 11.4 Å². The molecule has 2 aliphatic heterocycles. The fourth-order valence-electron chi connectivity index (χ4n) is 6.32. The Morgan fingerprint density at radius 1 is 0.979 bits per heavy atom. The van der Waals surface area contributed by atoms with E-state index >= 15 is 0 Å². The minimum Gasteiger partial charge on any atom is -0.508 e. The Morgan fingerprint density at radius 2 is 1.71 bits per heavy atom. The highest BCUT2D eigenvalue weighted by molar-refractivity contribution is 7.10. The first-order valence-corrected chi connectivity index (χ1v) is 16.9. The number of thiazole rings is 2. The molecule has 1 saturated heterocycles. The van der Waals surface area contributed by atoms with E-state index in [2.05, 4.69) is 37.6 Å². The molecule has 3 aromatic carbocycles. The van der Waals surface area contributed by atoms with Crippen LogP contribution in [0.2, 0.25) is 0 Å². The molecule has 2 atom stereocenters. The van der Waals surface area contributed by atoms with Gasteiger partial charge in [-0.3, -0.25) is 14.4 Å². The Hall–Kier alpha value is -5.18. The van der Waals surface area contributed by atoms with E-state index < -0.39 is 40.9 Å². The van der Waals surface area contributed by atoms with Gasteiger partial charge in [-0.05, 0) is 53.1 Å². The third-order valence-electron chi connectivity index (χ3n) is 8.68. The average Bonchev–Trinajstić information content (AvgIpc) is 3.90. The maximum atomic E-state index is 15.0. The number of nitrogens with two attached hydrogens (primary N) is 1. The molecule has 2 aliphatic rings. The number of rotatable bonds is 9. The van der Waals surface area contributed by atoms with E-state index in [4.69, 9.17) is 5.73 Å². The van der Waals surface area contributed by atoms with Crippen LogP contribution >= 0.6 is 22.7 Å². The summed E-state index contributed by atoms with van der Waals surface area (Å²) >= 11 is 2.15. The molecule has 5 aromatic rings. The monoisotopic (exact) mass is 683 g/mol. The summed E-state index contributed by atoms with van der Waals surface area (Å²) in [5.41, 5.74) is 7.07. The van der Waals surface area contributed by atoms with Gasteiger partial charge in [0.05, 0.1) is 0 Å². The summed E-state index contributed by atoms with van der Waals surface area (Å²) in [6.07, 6.45) is 2.91. The summed E-state index contributed by atoms with van der Waals surface area (Å²) in [5.74, 6) is -3.54. The Kier molecular flexibility index (Phi) is 8.37. The van der Waals surface area contributed by atoms with Crippen LogP contribution in [0.3, 0.4) is 0 Å². The molecule has 4 heterocycles. The molecule has 3 amide bonds. The van der Waals surface area contributed by atoms with Crippen molar-refractivity contribution >= 4 is 46.1 Å². The number of aromatic hydroxyl groups is 1. The number of nitrogens with one attached hydrogen (secondary N) is 2. The number of phenols is 1. The number of amides is 3. The number of halogens is 1. The molecule has 0 radical (unpaired) electrons. The van der Waals surface area contributed by atoms with Crippen molar-refractivity contribution in [2.45, 2.75) is 18.1 Å². The quantitative estimate of drug-likeness (QED) is 0.183. The van der Waals surface area contributed by atoms with E-state index in [-0.39, 0.29) is 22.1 Å². The predicted octanol–water partition coefficient (Wildman–Crippen LogP) is 3.76. The molecule has 244 valence electrons. The number of carbonyl (C=O) groups excluding carboxylic acids is 3. The van der Waals surface area contributed by atoms with Gasteiger partial charge in [-0.15, -0.1) is 22.7 Å². The van der Waals surface area contributed by atoms with Crippen LogP contribution in [-0.2, 0) is 21.7 Å². The van der Waals surface area contributed by atoms with Crippen molar-refractivity contribution in [2.24, 2.45) is 5.73 Å². The smallest absolute Gasteiger partial charge is 0.259 e. The van der Waals surface area contributed by atoms with Crippen LogP contribution in [0.4, 0.5) is 10.1 Å². The number of fused-ring (bicyclic) bond motifs is 1. The van der Waals surface area contributed by atoms with E-state index in [1.54, 1.807) is 16.8 Å². The summed E-state index contributed by atoms with van der Waals surface area (Å²) in [6.45, 7) is 3.61. The molecular formula is C34H30FN7O4S2. The van der Waals surface area contributed by atoms with Crippen LogP contribution in [0.25, 0.3) is 11.1 Å². The minimum absolute atomic E-state index is 0.0716. The summed E-state index contributed by atoms with van der Waals surface area (Å²) in [4.78, 5) is 54.1. The largest absolute Gasteiger partial charge is 0.508 e. The second-order valence-electron chi connectivity index (χ2n) is 11.4. The predicted molar refractivity (Wildman–Crippen MR) is 180 cm³/mol. The van der Waals surface area contributed by atoms with Crippen molar-refractivity contribution in [1.29, 1.82) is 0 Å². The minimum atomic E-state index is -2.20. The van der Waals surface area contributed by atoms with Crippen molar-refractivity contribution in [1.82, 2.24) is 25.5 Å². The van der Waals surface area contributed by atoms with Crippen LogP contribution in [-0.4, -0.2) is 63.9 Å². The van der Waals surface area contributed by atoms with E-state index in [0.29, 0.717) is 11.1 Å². The number of nitrogens with zero attached hydrogens (tertiary/aromatic N) is 4. The number of phenolic OH excluding ortho intramolecular Hbond substituents is 1. The highest BCUT2D eigenvalue weighted by atomic mass is 32.1. The number of anilines is 1. The van der Waals surface area contributed by atoms with Crippen LogP contribution < -0.4 is 21.3 Å². The van der Waals surface area contributed by atoms with Crippen LogP contribution in [0.1, 0.15) is 37.5 Å². The lowest BCUT2D eigenvalue weighted by Gasteiger charge is -2.40. The van der Waals surface area contributed by atoms with Crippen molar-refractivity contribution in [3.63, 3.8) is 0 Å². The SMILES string of the molecule is NC(=O)C(NC(=O)C(c1nccs1)(c1cc(F)ccc1O)N1Cc2ccc(-c3ccc(N4CCNCC4)cc3)cc2C1=O)c1nccs1. The molecule has 0 saturated carbocycles. The highest BCUT2D eigenvalue weighted by Gasteiger charge is 2.56. The number of primary amides is 1. The van der Waals surface area contributed by atoms with Gasteiger partial charge in [-0.1, -0.05) is 24.3 Å². The maximum Gasteiger partial charge on any atom is 0.259 e. The van der Waals surface area contributed by atoms with Gasteiger partial charge in [0.15, 0.2) is 6.04 Å². The number of hydrogen-bond donors (Lipinski definition) is 4. The molecule has 14 heteroatoms. The summed E-state index contributed by atoms with van der Waals surface area (Å²) in [6, 6.07) is 15.4. The second kappa shape index (κ2) is 12.8. The van der Waals surface area contributed by atoms with Gasteiger partial charge in [-0.25, -0.2) is 14.4 Å². The first-order valence-electron chi connectivity index (χ1n) is 15.2. The second-order valence-corrected chi connectivity index (χ2v) is 13.3. The zero-order valence-corrected chi connectivity index (χ0v) is 27.1. The first kappa shape index (κ1) is 31.4. The molecule has 0 bridgehead atoms. The lowest BCUT2D eigenvalue weighted by molar-refractivity contribution is -0.134. The number of benzene rings is 3. The third-order valence-corrected chi connectivity index (χ3v) is 10.4. The topological polar surface area (TPSA) is 154 Å². The van der Waals surface area contributed by atoms with Crippen molar-refractivity contribution in [3.05, 3.63) is 116 Å². The molecule has 7 rings (SSSR count). The number of hydrogen-bond acceptors (Lipinski definition) is 10. The Labute approximate surface area is 282 Å². The van der Waals surface area contributed by atoms with Crippen molar-refractivity contribution in [3.8, 4) is 16.9 Å². The summed E-state index contributed by atoms with van der Waals surface area (Å²) in [7, 11) is 0. The summed E-state index contributed by atoms with van der Waals surface area (Å²) < 4.78 is 15.0. The first-order chi connectivity index (χ1) is 23.3. The molecule has 0 aliphatic carbocycles. The van der Waals surface area contributed by atoms with Gasteiger partial charge >= 0.3 is 0 Å². The number of aromatic nitrogens is 2. The van der Waals surface area contributed by atoms with Gasteiger partial charge in [0.1, 0.15) is 21.6 Å². The standard InChI is InChI=1S/C34H30FN7O4S2/c35-23-5-8-27(43)26(18-23)34(33-39-12-16-48-33,32(46)40-28(29(36)44)30-38-11-15-47-30)42-19-22-2-1-21(17-25(22)31(42)45)20-3-6-24(7-4-20)41-13-9-37-10-14-41/h1-8,11-12,15-18,28,37,43H,9-10,13-14,19H2,(H2,36,44)(H,40,46). The Balaban J connectivity index is 1.31. The zero-order chi connectivity index (χ0) is 33.4. The number of carbonyl (C=O) groups is 3. The van der Waals surface area contributed by atoms with E-state index in [9.17, 15) is 23.9 Å². The van der Waals surface area contributed by atoms with E-state index in [1.807, 2.05) is 24.3 Å². The Bertz CT molecular complexity index is 1980. The van der Waals surface area contributed by atoms with Gasteiger partial charge in [-0.2, -0.15) is 0 Å². The van der Waals surface area contributed by atoms with Crippen LogP contribution in [0, 0.1) is 5.82 Å². The van der Waals surface area contributed by atoms with E-state index in [1.165, 1.54) is 17.3 Å². The molecular weight excluding hydrogens is 654 g/mol. The van der Waals surface area contributed by atoms with Crippen molar-refractivity contribution in [2.75, 3.05) is 31.1 Å². The zero-order valence-electron chi connectivity index (χ0n) is 25.4. The maximum absolute atomic E-state index is 15.0. The fraction of sp³-hybridized carbons (Fsp3) is 0.206. The molecule has 11 nitrogen and oxygen atoms in total. The fourth-order valence-corrected chi connectivity index (χ4v) is 7.87. The Morgan fingerprint density at radius 3 is 2.40 bits per heavy atom. The normalized spacial score (nSPS) is 16.3. The highest BCUT2D eigenvalue weighted by Crippen LogP contribution is 2.46. The van der Waals surface area contributed by atoms with Gasteiger partial charge in [0, 0.05) is 72.7 Å². The molecule has 2 aromatic heterocycles. The molecule has 2 unspecified atom stereocenters. The average molecular weight is 684 g/mol.